The third-order valence-electron chi connectivity index (χ3n) is 8.49. The summed E-state index contributed by atoms with van der Waals surface area (Å²) in [5, 5.41) is 42.3. The molecule has 2 rings (SSSR count). The minimum absolute atomic E-state index is 0.00516. The average Bonchev–Trinajstić information content (AvgIpc) is 3.26. The fourth-order valence-corrected chi connectivity index (χ4v) is 4.85. The molecule has 0 amide bonds. The van der Waals surface area contributed by atoms with Crippen LogP contribution in [-0.2, 0) is 52.3 Å². The van der Waals surface area contributed by atoms with Crippen LogP contribution in [0.4, 0.5) is 0 Å². The van der Waals surface area contributed by atoms with Crippen molar-refractivity contribution in [1.29, 1.82) is 0 Å². The molecule has 266 valence electrons. The summed E-state index contributed by atoms with van der Waals surface area (Å²) in [6.07, 6.45) is -11.2. The Labute approximate surface area is 269 Å². The first-order valence-electron chi connectivity index (χ1n) is 16.0. The van der Waals surface area contributed by atoms with Crippen molar-refractivity contribution in [3.63, 3.8) is 0 Å². The van der Waals surface area contributed by atoms with Gasteiger partial charge in [-0.05, 0) is 18.3 Å². The van der Waals surface area contributed by atoms with Crippen LogP contribution in [0.1, 0.15) is 80.6 Å². The van der Waals surface area contributed by atoms with Crippen molar-refractivity contribution in [3.8, 4) is 0 Å². The van der Waals surface area contributed by atoms with E-state index in [4.69, 9.17) is 33.2 Å². The number of rotatable bonds is 17. The van der Waals surface area contributed by atoms with Gasteiger partial charge in [0.25, 0.3) is 0 Å². The largest absolute Gasteiger partial charge is 0.463 e. The molecule has 2 saturated heterocycles. The maximum Gasteiger partial charge on any atom is 0.309 e. The lowest BCUT2D eigenvalue weighted by Crippen LogP contribution is -2.65. The van der Waals surface area contributed by atoms with Gasteiger partial charge in [0.05, 0.1) is 12.5 Å². The molecule has 0 aliphatic carbocycles. The van der Waals surface area contributed by atoms with E-state index in [1.807, 2.05) is 27.7 Å². The highest BCUT2D eigenvalue weighted by Gasteiger charge is 2.61. The summed E-state index contributed by atoms with van der Waals surface area (Å²) < 4.78 is 39.8. The summed E-state index contributed by atoms with van der Waals surface area (Å²) in [7, 11) is 0. The number of esters is 4. The van der Waals surface area contributed by atoms with E-state index in [-0.39, 0.29) is 24.7 Å². The molecule has 2 heterocycles. The van der Waals surface area contributed by atoms with Crippen LogP contribution < -0.4 is 0 Å². The fourth-order valence-electron chi connectivity index (χ4n) is 4.85. The molecule has 0 bridgehead atoms. The van der Waals surface area contributed by atoms with E-state index in [9.17, 15) is 39.6 Å². The third-order valence-corrected chi connectivity index (χ3v) is 8.49. The second-order valence-electron chi connectivity index (χ2n) is 12.3. The van der Waals surface area contributed by atoms with Crippen LogP contribution in [0.2, 0.25) is 0 Å². The fraction of sp³-hybridized carbons (Fsp3) is 0.871. The first kappa shape index (κ1) is 39.8. The molecule has 46 heavy (non-hydrogen) atoms. The molecule has 0 aromatic heterocycles. The highest BCUT2D eigenvalue weighted by molar-refractivity contribution is 5.73. The van der Waals surface area contributed by atoms with Crippen LogP contribution in [-0.4, -0.2) is 119 Å². The molecule has 0 saturated carbocycles. The topological polar surface area (TPSA) is 214 Å². The van der Waals surface area contributed by atoms with Gasteiger partial charge in [0, 0.05) is 19.8 Å². The van der Waals surface area contributed by atoms with E-state index in [1.54, 1.807) is 13.8 Å². The molecule has 0 spiro atoms. The Kier molecular flexibility index (Phi) is 15.8. The van der Waals surface area contributed by atoms with Crippen molar-refractivity contribution in [2.24, 2.45) is 17.8 Å². The Morgan fingerprint density at radius 1 is 0.804 bits per heavy atom. The summed E-state index contributed by atoms with van der Waals surface area (Å²) in [4.78, 5) is 50.7. The zero-order valence-electron chi connectivity index (χ0n) is 27.8. The molecular formula is C31H52O15. The highest BCUT2D eigenvalue weighted by Crippen LogP contribution is 2.38. The van der Waals surface area contributed by atoms with Crippen molar-refractivity contribution >= 4 is 23.9 Å². The van der Waals surface area contributed by atoms with Crippen molar-refractivity contribution in [1.82, 2.24) is 0 Å². The smallest absolute Gasteiger partial charge is 0.309 e. The molecule has 0 radical (unpaired) electrons. The van der Waals surface area contributed by atoms with E-state index in [0.717, 1.165) is 6.92 Å². The summed E-state index contributed by atoms with van der Waals surface area (Å²) in [6.45, 7) is 9.59. The Balaban J connectivity index is 2.58. The minimum Gasteiger partial charge on any atom is -0.463 e. The van der Waals surface area contributed by atoms with Gasteiger partial charge in [0.1, 0.15) is 37.6 Å². The minimum atomic E-state index is -2.42. The van der Waals surface area contributed by atoms with Crippen molar-refractivity contribution in [2.45, 2.75) is 135 Å². The number of ether oxygens (including phenoxy) is 7. The second kappa shape index (κ2) is 18.2. The van der Waals surface area contributed by atoms with Crippen molar-refractivity contribution in [3.05, 3.63) is 0 Å². The number of carbonyl (C=O) groups is 4. The van der Waals surface area contributed by atoms with Gasteiger partial charge < -0.3 is 53.6 Å². The standard InChI is InChI=1S/C31H52O15/c1-8-16(4)11-22(35)42-25-20(13-32)41-30(46-31(15-33)28(38)24(37)21(45-31)14-40-19(7)34)27(44-29(39)18(6)10-3)26(25)43-23(36)12-17(5)9-2/h16-18,20-21,24-28,30,32-33,37-38H,8-15H2,1-7H3/t16?,17?,18?,20-,21-,24-,25-,26+,27-,28+,30-,31+/m1/s1. The molecular weight excluding hydrogens is 612 g/mol. The van der Waals surface area contributed by atoms with Gasteiger partial charge in [-0.25, -0.2) is 0 Å². The van der Waals surface area contributed by atoms with Gasteiger partial charge in [-0.3, -0.25) is 19.2 Å². The lowest BCUT2D eigenvalue weighted by Gasteiger charge is -2.46. The van der Waals surface area contributed by atoms with E-state index in [0.29, 0.717) is 19.3 Å². The first-order valence-corrected chi connectivity index (χ1v) is 16.0. The number of aliphatic hydroxyl groups is 4. The number of aliphatic hydroxyl groups excluding tert-OH is 4. The first-order chi connectivity index (χ1) is 21.7. The van der Waals surface area contributed by atoms with Crippen molar-refractivity contribution in [2.75, 3.05) is 19.8 Å². The summed E-state index contributed by atoms with van der Waals surface area (Å²) in [6, 6.07) is 0. The Morgan fingerprint density at radius 3 is 1.85 bits per heavy atom. The number of hydrogen-bond acceptors (Lipinski definition) is 15. The van der Waals surface area contributed by atoms with Crippen LogP contribution in [0, 0.1) is 17.8 Å². The number of hydrogen-bond donors (Lipinski definition) is 4. The van der Waals surface area contributed by atoms with Gasteiger partial charge in [0.2, 0.25) is 12.1 Å². The summed E-state index contributed by atoms with van der Waals surface area (Å²) in [5.41, 5.74) is 0. The van der Waals surface area contributed by atoms with E-state index < -0.39 is 104 Å². The molecule has 15 nitrogen and oxygen atoms in total. The van der Waals surface area contributed by atoms with Crippen LogP contribution in [0.15, 0.2) is 0 Å². The highest BCUT2D eigenvalue weighted by atomic mass is 16.8. The monoisotopic (exact) mass is 664 g/mol. The molecule has 15 heteroatoms. The predicted molar refractivity (Wildman–Crippen MR) is 157 cm³/mol. The Hall–Kier alpha value is -2.40. The van der Waals surface area contributed by atoms with Crippen molar-refractivity contribution < 1.29 is 72.8 Å². The molecule has 0 aromatic rings. The predicted octanol–water partition coefficient (Wildman–Crippen LogP) is 0.746. The van der Waals surface area contributed by atoms with E-state index in [1.165, 1.54) is 0 Å². The summed E-state index contributed by atoms with van der Waals surface area (Å²) >= 11 is 0. The third kappa shape index (κ3) is 10.3. The van der Waals surface area contributed by atoms with E-state index >= 15 is 0 Å². The van der Waals surface area contributed by atoms with E-state index in [2.05, 4.69) is 0 Å². The molecule has 2 fully saturated rings. The lowest BCUT2D eigenvalue weighted by atomic mass is 9.96. The second-order valence-corrected chi connectivity index (χ2v) is 12.3. The summed E-state index contributed by atoms with van der Waals surface area (Å²) in [5.74, 6) is -6.03. The molecule has 2 aliphatic rings. The van der Waals surface area contributed by atoms with Crippen LogP contribution in [0.3, 0.4) is 0 Å². The molecule has 3 unspecified atom stereocenters. The Bertz CT molecular complexity index is 1010. The molecule has 0 aromatic carbocycles. The Morgan fingerprint density at radius 2 is 1.37 bits per heavy atom. The maximum atomic E-state index is 13.2. The number of carbonyl (C=O) groups excluding carboxylic acids is 4. The normalized spacial score (nSPS) is 33.0. The van der Waals surface area contributed by atoms with Crippen LogP contribution >= 0.6 is 0 Å². The van der Waals surface area contributed by atoms with Gasteiger partial charge in [-0.1, -0.05) is 54.4 Å². The van der Waals surface area contributed by atoms with Crippen LogP contribution in [0.25, 0.3) is 0 Å². The van der Waals surface area contributed by atoms with Crippen LogP contribution in [0.5, 0.6) is 0 Å². The maximum absolute atomic E-state index is 13.2. The molecule has 12 atom stereocenters. The van der Waals surface area contributed by atoms with Gasteiger partial charge in [0.15, 0.2) is 18.3 Å². The lowest BCUT2D eigenvalue weighted by molar-refractivity contribution is -0.384. The average molecular weight is 665 g/mol. The SMILES string of the molecule is CCC(C)CC(=O)O[C@@H]1[C@@H](OC(=O)C(C)CC)[C@@H](O[C@]2(CO)O[C@H](COC(C)=O)[C@@H](O)[C@@H]2O)O[C@H](CO)[C@H]1OC(=O)CC(C)CC. The quantitative estimate of drug-likeness (QED) is 0.125. The molecule has 4 N–H and O–H groups in total. The van der Waals surface area contributed by atoms with Gasteiger partial charge in [-0.2, -0.15) is 0 Å². The molecule has 2 aliphatic heterocycles. The zero-order chi connectivity index (χ0) is 34.8. The zero-order valence-corrected chi connectivity index (χ0v) is 27.8. The van der Waals surface area contributed by atoms with Gasteiger partial charge in [-0.15, -0.1) is 0 Å². The van der Waals surface area contributed by atoms with Gasteiger partial charge >= 0.3 is 23.9 Å².